The topological polar surface area (TPSA) is 89.9 Å². The Morgan fingerprint density at radius 2 is 1.76 bits per heavy atom. The van der Waals surface area contributed by atoms with E-state index in [9.17, 15) is 14.7 Å². The zero-order valence-electron chi connectivity index (χ0n) is 11.3. The summed E-state index contributed by atoms with van der Waals surface area (Å²) in [5, 5.41) is 20.7. The Hall–Kier alpha value is -3.02. The fraction of sp³-hybridized carbons (Fsp3) is 0.0667. The Bertz CT molecular complexity index is 668. The van der Waals surface area contributed by atoms with E-state index in [1.54, 1.807) is 31.3 Å². The molecular formula is C15H14N2O4. The van der Waals surface area contributed by atoms with E-state index in [1.165, 1.54) is 29.2 Å². The molecule has 0 heterocycles. The molecule has 2 aromatic rings. The zero-order valence-corrected chi connectivity index (χ0v) is 11.3. The van der Waals surface area contributed by atoms with Crippen LogP contribution in [-0.2, 0) is 0 Å². The van der Waals surface area contributed by atoms with Crippen molar-refractivity contribution in [3.8, 4) is 5.75 Å². The van der Waals surface area contributed by atoms with Crippen molar-refractivity contribution in [1.29, 1.82) is 0 Å². The molecule has 2 aromatic carbocycles. The van der Waals surface area contributed by atoms with Crippen LogP contribution in [0.3, 0.4) is 0 Å². The molecular weight excluding hydrogens is 272 g/mol. The van der Waals surface area contributed by atoms with Crippen LogP contribution in [-0.4, -0.2) is 29.3 Å². The van der Waals surface area contributed by atoms with Crippen molar-refractivity contribution in [1.82, 2.24) is 0 Å². The van der Waals surface area contributed by atoms with Crippen LogP contribution in [0, 0.1) is 0 Å². The van der Waals surface area contributed by atoms with Gasteiger partial charge in [-0.3, -0.25) is 4.90 Å². The molecule has 0 fully saturated rings. The van der Waals surface area contributed by atoms with Crippen LogP contribution in [0.25, 0.3) is 0 Å². The van der Waals surface area contributed by atoms with Crippen LogP contribution in [0.15, 0.2) is 48.5 Å². The van der Waals surface area contributed by atoms with Crippen LogP contribution in [0.4, 0.5) is 16.2 Å². The zero-order chi connectivity index (χ0) is 15.4. The van der Waals surface area contributed by atoms with Gasteiger partial charge >= 0.3 is 12.0 Å². The van der Waals surface area contributed by atoms with Crippen LogP contribution >= 0.6 is 0 Å². The summed E-state index contributed by atoms with van der Waals surface area (Å²) in [6.45, 7) is 0. The third kappa shape index (κ3) is 3.50. The Morgan fingerprint density at radius 3 is 2.38 bits per heavy atom. The smallest absolute Gasteiger partial charge is 0.335 e. The van der Waals surface area contributed by atoms with Crippen LogP contribution in [0.2, 0.25) is 0 Å². The van der Waals surface area contributed by atoms with Gasteiger partial charge in [-0.15, -0.1) is 0 Å². The second-order valence-corrected chi connectivity index (χ2v) is 4.39. The van der Waals surface area contributed by atoms with Crippen LogP contribution in [0.1, 0.15) is 10.4 Å². The molecule has 21 heavy (non-hydrogen) atoms. The third-order valence-corrected chi connectivity index (χ3v) is 2.90. The predicted molar refractivity (Wildman–Crippen MR) is 78.9 cm³/mol. The number of amides is 2. The first-order chi connectivity index (χ1) is 9.97. The van der Waals surface area contributed by atoms with Gasteiger partial charge in [0, 0.05) is 18.4 Å². The highest BCUT2D eigenvalue weighted by Gasteiger charge is 2.12. The maximum Gasteiger partial charge on any atom is 0.335 e. The minimum atomic E-state index is -1.06. The predicted octanol–water partition coefficient (Wildman–Crippen LogP) is 2.76. The number of benzene rings is 2. The Balaban J connectivity index is 2.12. The highest BCUT2D eigenvalue weighted by atomic mass is 16.4. The first-order valence-electron chi connectivity index (χ1n) is 6.14. The number of carbonyl (C=O) groups is 2. The molecule has 0 saturated heterocycles. The van der Waals surface area contributed by atoms with Gasteiger partial charge in [-0.2, -0.15) is 0 Å². The van der Waals surface area contributed by atoms with Gasteiger partial charge in [-0.25, -0.2) is 9.59 Å². The molecule has 0 bridgehead atoms. The average Bonchev–Trinajstić information content (AvgIpc) is 2.47. The largest absolute Gasteiger partial charge is 0.508 e. The quantitative estimate of drug-likeness (QED) is 0.809. The van der Waals surface area contributed by atoms with Crippen molar-refractivity contribution in [2.75, 3.05) is 17.3 Å². The lowest BCUT2D eigenvalue weighted by molar-refractivity contribution is 0.0697. The highest BCUT2D eigenvalue weighted by Crippen LogP contribution is 2.18. The molecule has 6 nitrogen and oxygen atoms in total. The number of aromatic hydroxyl groups is 1. The molecule has 0 saturated carbocycles. The van der Waals surface area contributed by atoms with Crippen molar-refractivity contribution in [3.05, 3.63) is 54.1 Å². The number of hydrogen-bond acceptors (Lipinski definition) is 3. The molecule has 2 rings (SSSR count). The first kappa shape index (κ1) is 14.4. The summed E-state index contributed by atoms with van der Waals surface area (Å²) in [5.41, 5.74) is 1.09. The van der Waals surface area contributed by atoms with E-state index in [1.807, 2.05) is 0 Å². The van der Waals surface area contributed by atoms with E-state index < -0.39 is 12.0 Å². The van der Waals surface area contributed by atoms with Crippen LogP contribution in [0.5, 0.6) is 5.75 Å². The second kappa shape index (κ2) is 5.96. The number of rotatable bonds is 3. The number of phenols is 1. The lowest BCUT2D eigenvalue weighted by Gasteiger charge is -2.18. The van der Waals surface area contributed by atoms with E-state index in [-0.39, 0.29) is 11.3 Å². The summed E-state index contributed by atoms with van der Waals surface area (Å²) in [4.78, 5) is 24.3. The minimum absolute atomic E-state index is 0.0973. The summed E-state index contributed by atoms with van der Waals surface area (Å²) in [6.07, 6.45) is 0. The number of nitrogens with one attached hydrogen (secondary N) is 1. The SMILES string of the molecule is CN(C(=O)Nc1cccc(C(=O)O)c1)c1ccc(O)cc1. The molecule has 0 aliphatic heterocycles. The molecule has 0 atom stereocenters. The number of carboxylic acid groups (broad SMARTS) is 1. The minimum Gasteiger partial charge on any atom is -0.508 e. The fourth-order valence-electron chi connectivity index (χ4n) is 1.73. The number of aromatic carboxylic acids is 1. The number of anilines is 2. The summed E-state index contributed by atoms with van der Waals surface area (Å²) < 4.78 is 0. The van der Waals surface area contributed by atoms with E-state index >= 15 is 0 Å². The Kier molecular flexibility index (Phi) is 4.08. The lowest BCUT2D eigenvalue weighted by atomic mass is 10.2. The van der Waals surface area contributed by atoms with Gasteiger partial charge in [0.1, 0.15) is 5.75 Å². The molecule has 0 aromatic heterocycles. The number of carbonyl (C=O) groups excluding carboxylic acids is 1. The van der Waals surface area contributed by atoms with Crippen molar-refractivity contribution >= 4 is 23.4 Å². The summed E-state index contributed by atoms with van der Waals surface area (Å²) in [6, 6.07) is 11.7. The van der Waals surface area contributed by atoms with Gasteiger partial charge in [-0.1, -0.05) is 6.07 Å². The third-order valence-electron chi connectivity index (χ3n) is 2.90. The normalized spacial score (nSPS) is 9.95. The maximum atomic E-state index is 12.1. The van der Waals surface area contributed by atoms with Crippen molar-refractivity contribution in [3.63, 3.8) is 0 Å². The second-order valence-electron chi connectivity index (χ2n) is 4.39. The molecule has 0 aliphatic rings. The van der Waals surface area contributed by atoms with Gasteiger partial charge in [0.15, 0.2) is 0 Å². The molecule has 0 radical (unpaired) electrons. The molecule has 3 N–H and O–H groups in total. The highest BCUT2D eigenvalue weighted by molar-refractivity contribution is 6.02. The molecule has 0 aliphatic carbocycles. The maximum absolute atomic E-state index is 12.1. The van der Waals surface area contributed by atoms with Gasteiger partial charge in [-0.05, 0) is 42.5 Å². The van der Waals surface area contributed by atoms with E-state index in [2.05, 4.69) is 5.32 Å². The summed E-state index contributed by atoms with van der Waals surface area (Å²) >= 11 is 0. The first-order valence-corrected chi connectivity index (χ1v) is 6.14. The standard InChI is InChI=1S/C15H14N2O4/c1-17(12-5-7-13(18)8-6-12)15(21)16-11-4-2-3-10(9-11)14(19)20/h2-9,18H,1H3,(H,16,21)(H,19,20). The number of urea groups is 1. The summed E-state index contributed by atoms with van der Waals surface area (Å²) in [5.74, 6) is -0.945. The molecule has 0 unspecified atom stereocenters. The molecule has 0 spiro atoms. The number of carboxylic acids is 1. The molecule has 2 amide bonds. The van der Waals surface area contributed by atoms with Crippen LogP contribution < -0.4 is 10.2 Å². The fourth-order valence-corrected chi connectivity index (χ4v) is 1.73. The number of nitrogens with zero attached hydrogens (tertiary/aromatic N) is 1. The number of hydrogen-bond donors (Lipinski definition) is 3. The lowest BCUT2D eigenvalue weighted by Crippen LogP contribution is -2.31. The summed E-state index contributed by atoms with van der Waals surface area (Å²) in [7, 11) is 1.57. The molecule has 108 valence electrons. The monoisotopic (exact) mass is 286 g/mol. The van der Waals surface area contributed by atoms with E-state index in [0.29, 0.717) is 11.4 Å². The van der Waals surface area contributed by atoms with E-state index in [4.69, 9.17) is 5.11 Å². The van der Waals surface area contributed by atoms with Crippen molar-refractivity contribution in [2.45, 2.75) is 0 Å². The van der Waals surface area contributed by atoms with Gasteiger partial charge in [0.25, 0.3) is 0 Å². The van der Waals surface area contributed by atoms with Crippen molar-refractivity contribution in [2.24, 2.45) is 0 Å². The Labute approximate surface area is 121 Å². The number of phenolic OH excluding ortho intramolecular Hbond substituents is 1. The Morgan fingerprint density at radius 1 is 1.10 bits per heavy atom. The van der Waals surface area contributed by atoms with Gasteiger partial charge < -0.3 is 15.5 Å². The average molecular weight is 286 g/mol. The van der Waals surface area contributed by atoms with Crippen molar-refractivity contribution < 1.29 is 19.8 Å². The molecule has 6 heteroatoms. The van der Waals surface area contributed by atoms with Gasteiger partial charge in [0.05, 0.1) is 5.56 Å². The van der Waals surface area contributed by atoms with E-state index in [0.717, 1.165) is 0 Å². The van der Waals surface area contributed by atoms with Gasteiger partial charge in [0.2, 0.25) is 0 Å².